The van der Waals surface area contributed by atoms with E-state index < -0.39 is 18.3 Å². The lowest BCUT2D eigenvalue weighted by Gasteiger charge is -2.25. The van der Waals surface area contributed by atoms with Crippen LogP contribution in [-0.2, 0) is 0 Å². The fraction of sp³-hybridized carbons (Fsp3) is 0.294. The van der Waals surface area contributed by atoms with Crippen LogP contribution in [0.1, 0.15) is 24.9 Å². The Balaban J connectivity index is 2.30. The minimum absolute atomic E-state index is 0.376. The summed E-state index contributed by atoms with van der Waals surface area (Å²) in [6.45, 7) is 1.72. The summed E-state index contributed by atoms with van der Waals surface area (Å²) in [5, 5.41) is 4.55. The number of hydrogen-bond acceptors (Lipinski definition) is 1. The Labute approximate surface area is 122 Å². The number of benzene rings is 2. The van der Waals surface area contributed by atoms with Gasteiger partial charge in [-0.25, -0.2) is 0 Å². The summed E-state index contributed by atoms with van der Waals surface area (Å²) >= 11 is 0. The zero-order valence-electron chi connectivity index (χ0n) is 11.6. The van der Waals surface area contributed by atoms with Gasteiger partial charge in [0, 0.05) is 12.5 Å². The maximum absolute atomic E-state index is 12.9. The van der Waals surface area contributed by atoms with Crippen LogP contribution in [0.25, 0.3) is 10.8 Å². The van der Waals surface area contributed by atoms with Gasteiger partial charge in [0.15, 0.2) is 0 Å². The molecule has 4 heteroatoms. The Morgan fingerprint density at radius 1 is 1.14 bits per heavy atom. The molecule has 2 rings (SSSR count). The lowest BCUT2D eigenvalue weighted by Crippen LogP contribution is -2.43. The summed E-state index contributed by atoms with van der Waals surface area (Å²) in [6.07, 6.45) is 0.309. The Hall–Kier alpha value is -1.99. The van der Waals surface area contributed by atoms with Gasteiger partial charge in [0.25, 0.3) is 0 Å². The van der Waals surface area contributed by atoms with Gasteiger partial charge in [-0.3, -0.25) is 5.32 Å². The summed E-state index contributed by atoms with van der Waals surface area (Å²) in [4.78, 5) is 0. The molecule has 1 nitrogen and oxygen atoms in total. The van der Waals surface area contributed by atoms with E-state index in [0.717, 1.165) is 16.3 Å². The fourth-order valence-electron chi connectivity index (χ4n) is 2.41. The largest absolute Gasteiger partial charge is 0.404 e. The Kier molecular flexibility index (Phi) is 4.54. The quantitative estimate of drug-likeness (QED) is 0.821. The van der Waals surface area contributed by atoms with Crippen LogP contribution in [0.5, 0.6) is 0 Å². The molecule has 0 radical (unpaired) electrons. The molecule has 110 valence electrons. The van der Waals surface area contributed by atoms with Gasteiger partial charge in [-0.1, -0.05) is 42.5 Å². The van der Waals surface area contributed by atoms with E-state index in [9.17, 15) is 13.2 Å². The highest BCUT2D eigenvalue weighted by atomic mass is 19.4. The van der Waals surface area contributed by atoms with Crippen molar-refractivity contribution in [2.45, 2.75) is 31.6 Å². The van der Waals surface area contributed by atoms with Crippen LogP contribution in [0.4, 0.5) is 13.2 Å². The highest BCUT2D eigenvalue weighted by Crippen LogP contribution is 2.28. The Bertz CT molecular complexity index is 650. The molecule has 2 aromatic rings. The smallest absolute Gasteiger partial charge is 0.299 e. The number of halogens is 3. The lowest BCUT2D eigenvalue weighted by molar-refractivity contribution is -0.156. The van der Waals surface area contributed by atoms with Crippen LogP contribution >= 0.6 is 0 Å². The summed E-state index contributed by atoms with van der Waals surface area (Å²) in [6, 6.07) is 11.1. The molecule has 0 aliphatic carbocycles. The van der Waals surface area contributed by atoms with Crippen LogP contribution in [0.2, 0.25) is 0 Å². The second-order valence-electron chi connectivity index (χ2n) is 4.96. The molecule has 0 spiro atoms. The topological polar surface area (TPSA) is 12.0 Å². The first-order chi connectivity index (χ1) is 9.93. The average Bonchev–Trinajstić information content (AvgIpc) is 2.45. The second-order valence-corrected chi connectivity index (χ2v) is 4.96. The minimum Gasteiger partial charge on any atom is -0.299 e. The molecule has 0 aromatic heterocycles. The molecule has 0 fully saturated rings. The van der Waals surface area contributed by atoms with E-state index in [-0.39, 0.29) is 6.42 Å². The average molecular weight is 291 g/mol. The fourth-order valence-corrected chi connectivity index (χ4v) is 2.41. The van der Waals surface area contributed by atoms with E-state index in [1.807, 2.05) is 42.5 Å². The van der Waals surface area contributed by atoms with E-state index in [1.54, 1.807) is 6.92 Å². The van der Waals surface area contributed by atoms with E-state index in [2.05, 4.69) is 11.2 Å². The maximum atomic E-state index is 12.9. The normalized spacial score (nSPS) is 14.6. The van der Waals surface area contributed by atoms with Crippen molar-refractivity contribution in [3.63, 3.8) is 0 Å². The zero-order valence-corrected chi connectivity index (χ0v) is 11.6. The van der Waals surface area contributed by atoms with Crippen LogP contribution in [0.3, 0.4) is 0 Å². The van der Waals surface area contributed by atoms with E-state index in [4.69, 9.17) is 6.42 Å². The molecule has 0 heterocycles. The standard InChI is InChI=1S/C17H16F3N/c1-3-7-16(17(18,19)20)21-12(2)14-11-6-9-13-8-4-5-10-15(13)14/h1,4-6,8-12,16,21H,7H2,2H3/t12-,16+/m1/s1. The predicted molar refractivity (Wildman–Crippen MR) is 78.8 cm³/mol. The van der Waals surface area contributed by atoms with Crippen molar-refractivity contribution in [2.75, 3.05) is 0 Å². The van der Waals surface area contributed by atoms with E-state index in [1.165, 1.54) is 0 Å². The van der Waals surface area contributed by atoms with Crippen molar-refractivity contribution in [1.29, 1.82) is 0 Å². The molecule has 2 atom stereocenters. The van der Waals surface area contributed by atoms with Gasteiger partial charge >= 0.3 is 6.18 Å². The van der Waals surface area contributed by atoms with Crippen molar-refractivity contribution >= 4 is 10.8 Å². The Morgan fingerprint density at radius 3 is 2.48 bits per heavy atom. The number of nitrogens with one attached hydrogen (secondary N) is 1. The molecule has 0 bridgehead atoms. The highest BCUT2D eigenvalue weighted by molar-refractivity contribution is 5.86. The third-order valence-corrected chi connectivity index (χ3v) is 3.46. The third kappa shape index (κ3) is 3.56. The molecule has 21 heavy (non-hydrogen) atoms. The predicted octanol–water partition coefficient (Wildman–Crippen LogP) is 4.44. The first-order valence-corrected chi connectivity index (χ1v) is 6.67. The number of rotatable bonds is 4. The van der Waals surface area contributed by atoms with Crippen LogP contribution in [-0.4, -0.2) is 12.2 Å². The van der Waals surface area contributed by atoms with Gasteiger partial charge in [-0.2, -0.15) is 13.2 Å². The Morgan fingerprint density at radius 2 is 1.81 bits per heavy atom. The minimum atomic E-state index is -4.36. The monoisotopic (exact) mass is 291 g/mol. The van der Waals surface area contributed by atoms with Crippen molar-refractivity contribution in [2.24, 2.45) is 0 Å². The first-order valence-electron chi connectivity index (χ1n) is 6.67. The lowest BCUT2D eigenvalue weighted by atomic mass is 9.99. The number of alkyl halides is 3. The van der Waals surface area contributed by atoms with Gasteiger partial charge in [-0.15, -0.1) is 12.3 Å². The van der Waals surface area contributed by atoms with Gasteiger partial charge in [0.2, 0.25) is 0 Å². The van der Waals surface area contributed by atoms with Crippen molar-refractivity contribution in [1.82, 2.24) is 5.32 Å². The molecule has 1 N–H and O–H groups in total. The molecule has 0 aliphatic rings. The highest BCUT2D eigenvalue weighted by Gasteiger charge is 2.39. The molecular formula is C17H16F3N. The second kappa shape index (κ2) is 6.19. The van der Waals surface area contributed by atoms with Crippen molar-refractivity contribution < 1.29 is 13.2 Å². The molecule has 0 saturated heterocycles. The maximum Gasteiger partial charge on any atom is 0.404 e. The number of hydrogen-bond donors (Lipinski definition) is 1. The van der Waals surface area contributed by atoms with Gasteiger partial charge in [-0.05, 0) is 23.3 Å². The van der Waals surface area contributed by atoms with Crippen LogP contribution in [0, 0.1) is 12.3 Å². The van der Waals surface area contributed by atoms with Gasteiger partial charge < -0.3 is 0 Å². The van der Waals surface area contributed by atoms with E-state index >= 15 is 0 Å². The van der Waals surface area contributed by atoms with Crippen molar-refractivity contribution in [3.8, 4) is 12.3 Å². The molecule has 0 amide bonds. The van der Waals surface area contributed by atoms with Gasteiger partial charge in [0.05, 0.1) is 0 Å². The van der Waals surface area contributed by atoms with Crippen molar-refractivity contribution in [3.05, 3.63) is 48.0 Å². The number of fused-ring (bicyclic) bond motifs is 1. The third-order valence-electron chi connectivity index (χ3n) is 3.46. The summed E-state index contributed by atoms with van der Waals surface area (Å²) in [5.41, 5.74) is 0.833. The summed E-state index contributed by atoms with van der Waals surface area (Å²) in [5.74, 6) is 2.09. The summed E-state index contributed by atoms with van der Waals surface area (Å²) < 4.78 is 38.8. The number of terminal acetylenes is 1. The van der Waals surface area contributed by atoms with Gasteiger partial charge in [0.1, 0.15) is 6.04 Å². The molecule has 0 aliphatic heterocycles. The zero-order chi connectivity index (χ0) is 15.5. The SMILES string of the molecule is C#CC[C@H](N[C@H](C)c1cccc2ccccc12)C(F)(F)F. The summed E-state index contributed by atoms with van der Waals surface area (Å²) in [7, 11) is 0. The first kappa shape index (κ1) is 15.4. The molecular weight excluding hydrogens is 275 g/mol. The molecule has 2 aromatic carbocycles. The van der Waals surface area contributed by atoms with Crippen LogP contribution < -0.4 is 5.32 Å². The van der Waals surface area contributed by atoms with Crippen LogP contribution in [0.15, 0.2) is 42.5 Å². The van der Waals surface area contributed by atoms with E-state index in [0.29, 0.717) is 0 Å². The molecule has 0 unspecified atom stereocenters. The molecule has 0 saturated carbocycles.